The number of para-hydroxylation sites is 2. The van der Waals surface area contributed by atoms with Gasteiger partial charge in [0.2, 0.25) is 6.10 Å². The number of ether oxygens (including phenoxy) is 2. The predicted molar refractivity (Wildman–Crippen MR) is 78.9 cm³/mol. The average molecular weight is 311 g/mol. The van der Waals surface area contributed by atoms with E-state index in [1.165, 1.54) is 11.8 Å². The molecule has 6 nitrogen and oxygen atoms in total. The molecule has 2 N–H and O–H groups in total. The standard InChI is InChI=1S/C14H17NO5S/c1-21-7-6-9(14(17)18)15-13(16)12-8-19-10-4-2-3-5-11(10)20-12/h2-5,9,12H,6-8H2,1H3,(H,15,16)(H,17,18)/t9-,12+/m0/s1. The van der Waals surface area contributed by atoms with Gasteiger partial charge in [-0.05, 0) is 30.6 Å². The molecule has 2 atom stereocenters. The van der Waals surface area contributed by atoms with Gasteiger partial charge in [0.05, 0.1) is 0 Å². The highest BCUT2D eigenvalue weighted by atomic mass is 32.2. The van der Waals surface area contributed by atoms with Gasteiger partial charge in [-0.2, -0.15) is 11.8 Å². The van der Waals surface area contributed by atoms with Crippen LogP contribution in [0.1, 0.15) is 6.42 Å². The van der Waals surface area contributed by atoms with Crippen LogP contribution in [0.15, 0.2) is 24.3 Å². The Labute approximate surface area is 126 Å². The van der Waals surface area contributed by atoms with Crippen LogP contribution in [0.3, 0.4) is 0 Å². The number of thioether (sulfide) groups is 1. The summed E-state index contributed by atoms with van der Waals surface area (Å²) >= 11 is 1.53. The molecule has 0 saturated carbocycles. The number of carbonyl (C=O) groups excluding carboxylic acids is 1. The maximum absolute atomic E-state index is 12.1. The van der Waals surface area contributed by atoms with E-state index in [2.05, 4.69) is 5.32 Å². The second-order valence-electron chi connectivity index (χ2n) is 4.55. The van der Waals surface area contributed by atoms with E-state index < -0.39 is 24.0 Å². The minimum Gasteiger partial charge on any atom is -0.485 e. The van der Waals surface area contributed by atoms with Crippen LogP contribution in [0.4, 0.5) is 0 Å². The number of carboxylic acids is 1. The first-order chi connectivity index (χ1) is 10.1. The minimum absolute atomic E-state index is 0.0672. The molecule has 2 rings (SSSR count). The first-order valence-electron chi connectivity index (χ1n) is 6.52. The Morgan fingerprint density at radius 1 is 1.43 bits per heavy atom. The van der Waals surface area contributed by atoms with Gasteiger partial charge in [0, 0.05) is 0 Å². The summed E-state index contributed by atoms with van der Waals surface area (Å²) in [4.78, 5) is 23.2. The van der Waals surface area contributed by atoms with Crippen molar-refractivity contribution in [2.45, 2.75) is 18.6 Å². The first-order valence-corrected chi connectivity index (χ1v) is 7.92. The molecule has 1 aliphatic heterocycles. The highest BCUT2D eigenvalue weighted by Gasteiger charge is 2.30. The van der Waals surface area contributed by atoms with Gasteiger partial charge < -0.3 is 19.9 Å². The van der Waals surface area contributed by atoms with Gasteiger partial charge in [0.15, 0.2) is 11.5 Å². The first kappa shape index (κ1) is 15.5. The molecule has 0 aliphatic carbocycles. The molecule has 0 radical (unpaired) electrons. The number of nitrogens with one attached hydrogen (secondary N) is 1. The molecule has 1 aromatic rings. The Morgan fingerprint density at radius 3 is 2.81 bits per heavy atom. The lowest BCUT2D eigenvalue weighted by molar-refractivity contribution is -0.143. The molecule has 0 bridgehead atoms. The molecule has 114 valence electrons. The summed E-state index contributed by atoms with van der Waals surface area (Å²) in [6, 6.07) is 6.14. The van der Waals surface area contributed by atoms with Crippen molar-refractivity contribution in [2.75, 3.05) is 18.6 Å². The van der Waals surface area contributed by atoms with E-state index in [1.807, 2.05) is 12.3 Å². The van der Waals surface area contributed by atoms with Crippen molar-refractivity contribution in [3.8, 4) is 11.5 Å². The van der Waals surface area contributed by atoms with E-state index in [1.54, 1.807) is 18.2 Å². The maximum Gasteiger partial charge on any atom is 0.326 e. The number of fused-ring (bicyclic) bond motifs is 1. The smallest absolute Gasteiger partial charge is 0.326 e. The Bertz CT molecular complexity index is 522. The molecule has 0 unspecified atom stereocenters. The van der Waals surface area contributed by atoms with Gasteiger partial charge in [0.1, 0.15) is 12.6 Å². The second kappa shape index (κ2) is 7.21. The van der Waals surface area contributed by atoms with E-state index in [4.69, 9.17) is 14.6 Å². The molecule has 0 saturated heterocycles. The number of benzene rings is 1. The van der Waals surface area contributed by atoms with Crippen LogP contribution in [0.5, 0.6) is 11.5 Å². The molecular formula is C14H17NO5S. The number of rotatable bonds is 6. The van der Waals surface area contributed by atoms with E-state index in [0.29, 0.717) is 23.7 Å². The third kappa shape index (κ3) is 4.04. The average Bonchev–Trinajstić information content (AvgIpc) is 2.50. The summed E-state index contributed by atoms with van der Waals surface area (Å²) in [7, 11) is 0. The zero-order valence-corrected chi connectivity index (χ0v) is 12.4. The zero-order valence-electron chi connectivity index (χ0n) is 11.6. The normalized spacial score (nSPS) is 17.9. The van der Waals surface area contributed by atoms with Crippen molar-refractivity contribution in [2.24, 2.45) is 0 Å². The largest absolute Gasteiger partial charge is 0.485 e. The maximum atomic E-state index is 12.1. The van der Waals surface area contributed by atoms with Crippen LogP contribution in [0, 0.1) is 0 Å². The van der Waals surface area contributed by atoms with Gasteiger partial charge >= 0.3 is 5.97 Å². The summed E-state index contributed by atoms with van der Waals surface area (Å²) in [6.07, 6.45) is 1.42. The molecule has 21 heavy (non-hydrogen) atoms. The molecule has 1 heterocycles. The summed E-state index contributed by atoms with van der Waals surface area (Å²) < 4.78 is 11.0. The highest BCUT2D eigenvalue weighted by molar-refractivity contribution is 7.98. The lowest BCUT2D eigenvalue weighted by Crippen LogP contribution is -2.50. The van der Waals surface area contributed by atoms with Gasteiger partial charge in [-0.25, -0.2) is 4.79 Å². The fourth-order valence-corrected chi connectivity index (χ4v) is 2.38. The Kier molecular flexibility index (Phi) is 5.32. The summed E-state index contributed by atoms with van der Waals surface area (Å²) in [5.41, 5.74) is 0. The van der Waals surface area contributed by atoms with Crippen LogP contribution in [-0.4, -0.2) is 47.7 Å². The Balaban J connectivity index is 1.96. The summed E-state index contributed by atoms with van der Waals surface area (Å²) in [5.74, 6) is 0.202. The van der Waals surface area contributed by atoms with Crippen LogP contribution in [0.2, 0.25) is 0 Å². The van der Waals surface area contributed by atoms with Crippen molar-refractivity contribution in [3.05, 3.63) is 24.3 Å². The number of hydrogen-bond acceptors (Lipinski definition) is 5. The molecule has 1 aromatic carbocycles. The third-order valence-electron chi connectivity index (χ3n) is 3.03. The van der Waals surface area contributed by atoms with E-state index in [0.717, 1.165) is 0 Å². The van der Waals surface area contributed by atoms with Gasteiger partial charge in [-0.15, -0.1) is 0 Å². The van der Waals surface area contributed by atoms with Crippen molar-refractivity contribution in [1.82, 2.24) is 5.32 Å². The van der Waals surface area contributed by atoms with Crippen molar-refractivity contribution < 1.29 is 24.2 Å². The topological polar surface area (TPSA) is 84.9 Å². The van der Waals surface area contributed by atoms with E-state index in [-0.39, 0.29) is 6.61 Å². The number of carboxylic acid groups (broad SMARTS) is 1. The lowest BCUT2D eigenvalue weighted by Gasteiger charge is -2.26. The quantitative estimate of drug-likeness (QED) is 0.820. The number of amides is 1. The molecule has 0 fully saturated rings. The fraction of sp³-hybridized carbons (Fsp3) is 0.429. The monoisotopic (exact) mass is 311 g/mol. The minimum atomic E-state index is -1.05. The Hall–Kier alpha value is -1.89. The summed E-state index contributed by atoms with van der Waals surface area (Å²) in [5, 5.41) is 11.6. The molecule has 1 aliphatic rings. The van der Waals surface area contributed by atoms with Crippen LogP contribution >= 0.6 is 11.8 Å². The van der Waals surface area contributed by atoms with Crippen molar-refractivity contribution >= 4 is 23.6 Å². The van der Waals surface area contributed by atoms with Gasteiger partial charge in [-0.3, -0.25) is 4.79 Å². The van der Waals surface area contributed by atoms with E-state index in [9.17, 15) is 9.59 Å². The SMILES string of the molecule is CSCC[C@H](NC(=O)[C@H]1COc2ccccc2O1)C(=O)O. The predicted octanol–water partition coefficient (Wildman–Crippen LogP) is 1.15. The molecule has 1 amide bonds. The Morgan fingerprint density at radius 2 is 2.14 bits per heavy atom. The van der Waals surface area contributed by atoms with Crippen molar-refractivity contribution in [3.63, 3.8) is 0 Å². The van der Waals surface area contributed by atoms with Crippen molar-refractivity contribution in [1.29, 1.82) is 0 Å². The zero-order chi connectivity index (χ0) is 15.2. The highest BCUT2D eigenvalue weighted by Crippen LogP contribution is 2.30. The lowest BCUT2D eigenvalue weighted by atomic mass is 10.2. The number of aliphatic carboxylic acids is 1. The molecule has 7 heteroatoms. The molecular weight excluding hydrogens is 294 g/mol. The van der Waals surface area contributed by atoms with Gasteiger partial charge in [0.25, 0.3) is 5.91 Å². The van der Waals surface area contributed by atoms with Crippen LogP contribution < -0.4 is 14.8 Å². The third-order valence-corrected chi connectivity index (χ3v) is 3.67. The van der Waals surface area contributed by atoms with Crippen LogP contribution in [-0.2, 0) is 9.59 Å². The molecule has 0 aromatic heterocycles. The van der Waals surface area contributed by atoms with Crippen LogP contribution in [0.25, 0.3) is 0 Å². The van der Waals surface area contributed by atoms with E-state index >= 15 is 0 Å². The number of carbonyl (C=O) groups is 2. The van der Waals surface area contributed by atoms with Gasteiger partial charge in [-0.1, -0.05) is 12.1 Å². The number of hydrogen-bond donors (Lipinski definition) is 2. The fourth-order valence-electron chi connectivity index (χ4n) is 1.91. The molecule has 0 spiro atoms. The summed E-state index contributed by atoms with van der Waals surface area (Å²) in [6.45, 7) is 0.0672. The second-order valence-corrected chi connectivity index (χ2v) is 5.53.